The molecule has 0 fully saturated rings. The SMILES string of the molecule is Cc1ccc(-c2ccnc(-c3[c-]cccc3)c2)nc1.[2H]C([2H])([2H])c1cnc(-c2[c-]cccc2)cc1C.[Ir]. The van der Waals surface area contributed by atoms with Crippen molar-refractivity contribution in [1.82, 2.24) is 15.0 Å². The summed E-state index contributed by atoms with van der Waals surface area (Å²) in [6.07, 6.45) is 5.12. The molecule has 0 unspecified atom stereocenters. The van der Waals surface area contributed by atoms with Gasteiger partial charge in [0.2, 0.25) is 0 Å². The summed E-state index contributed by atoms with van der Waals surface area (Å²) in [4.78, 5) is 13.0. The second-order valence-electron chi connectivity index (χ2n) is 7.59. The number of pyridine rings is 3. The van der Waals surface area contributed by atoms with E-state index in [4.69, 9.17) is 4.11 Å². The molecule has 0 N–H and O–H groups in total. The molecule has 0 atom stereocenters. The van der Waals surface area contributed by atoms with Crippen LogP contribution in [0.5, 0.6) is 0 Å². The fourth-order valence-corrected chi connectivity index (χ4v) is 3.18. The van der Waals surface area contributed by atoms with E-state index < -0.39 is 6.85 Å². The Kier molecular flexibility index (Phi) is 7.53. The van der Waals surface area contributed by atoms with Gasteiger partial charge in [-0.3, -0.25) is 4.98 Å². The molecular weight excluding hydrogens is 595 g/mol. The Morgan fingerprint density at radius 1 is 0.676 bits per heavy atom. The minimum Gasteiger partial charge on any atom is -0.305 e. The van der Waals surface area contributed by atoms with Gasteiger partial charge < -0.3 is 9.97 Å². The summed E-state index contributed by atoms with van der Waals surface area (Å²) in [6, 6.07) is 31.5. The van der Waals surface area contributed by atoms with Gasteiger partial charge in [-0.1, -0.05) is 23.8 Å². The van der Waals surface area contributed by atoms with Gasteiger partial charge in [0, 0.05) is 42.8 Å². The molecular formula is C30H25IrN3-2. The summed E-state index contributed by atoms with van der Waals surface area (Å²) in [5, 5.41) is 0. The van der Waals surface area contributed by atoms with E-state index in [0.717, 1.165) is 44.9 Å². The molecule has 0 saturated heterocycles. The molecule has 0 saturated carbocycles. The van der Waals surface area contributed by atoms with Gasteiger partial charge in [0.05, 0.1) is 5.69 Å². The summed E-state index contributed by atoms with van der Waals surface area (Å²) in [5.74, 6) is 0. The van der Waals surface area contributed by atoms with Crippen LogP contribution in [0.2, 0.25) is 0 Å². The van der Waals surface area contributed by atoms with Crippen LogP contribution in [0.1, 0.15) is 20.8 Å². The van der Waals surface area contributed by atoms with Crippen LogP contribution >= 0.6 is 0 Å². The monoisotopic (exact) mass is 623 g/mol. The fraction of sp³-hybridized carbons (Fsp3) is 0.100. The maximum atomic E-state index is 7.37. The molecule has 0 aliphatic carbocycles. The first-order valence-electron chi connectivity index (χ1n) is 12.1. The number of hydrogen-bond acceptors (Lipinski definition) is 3. The molecule has 3 aromatic heterocycles. The third-order valence-corrected chi connectivity index (χ3v) is 5.05. The molecule has 3 heterocycles. The Bertz CT molecular complexity index is 1420. The smallest absolute Gasteiger partial charge is 0.0695 e. The molecule has 0 aliphatic heterocycles. The number of aromatic nitrogens is 3. The molecule has 171 valence electrons. The molecule has 5 aromatic rings. The summed E-state index contributed by atoms with van der Waals surface area (Å²) in [6.45, 7) is 1.72. The first-order chi connectivity index (χ1) is 17.3. The molecule has 5 rings (SSSR count). The molecule has 0 spiro atoms. The maximum absolute atomic E-state index is 7.37. The first-order valence-corrected chi connectivity index (χ1v) is 10.6. The number of benzene rings is 2. The van der Waals surface area contributed by atoms with Gasteiger partial charge in [-0.2, -0.15) is 0 Å². The van der Waals surface area contributed by atoms with E-state index in [0.29, 0.717) is 5.56 Å². The van der Waals surface area contributed by atoms with Crippen LogP contribution in [0.25, 0.3) is 33.8 Å². The summed E-state index contributed by atoms with van der Waals surface area (Å²) in [5.41, 5.74) is 7.76. The zero-order valence-corrected chi connectivity index (χ0v) is 21.3. The molecule has 1 radical (unpaired) electrons. The van der Waals surface area contributed by atoms with Crippen LogP contribution < -0.4 is 0 Å². The quantitative estimate of drug-likeness (QED) is 0.202. The standard InChI is InChI=1S/C17H13N2.C13H12N.Ir/c1-13-7-8-16(19-12-13)15-9-10-18-17(11-15)14-5-3-2-4-6-14;1-10-8-13(14-9-11(10)2)12-6-4-3-5-7-12;/h2-5,7-12H,1H3;3-6,8-9H,1-2H3;/q2*-1;/i;2D3;. The summed E-state index contributed by atoms with van der Waals surface area (Å²) >= 11 is 0. The maximum Gasteiger partial charge on any atom is 0.0695 e. The van der Waals surface area contributed by atoms with Gasteiger partial charge >= 0.3 is 0 Å². The predicted octanol–water partition coefficient (Wildman–Crippen LogP) is 7.08. The Balaban J connectivity index is 0.000000201. The molecule has 34 heavy (non-hydrogen) atoms. The third-order valence-electron chi connectivity index (χ3n) is 5.05. The Morgan fingerprint density at radius 3 is 1.91 bits per heavy atom. The molecule has 2 aromatic carbocycles. The van der Waals surface area contributed by atoms with Crippen LogP contribution in [0.3, 0.4) is 0 Å². The normalized spacial score (nSPS) is 11.6. The Labute approximate surface area is 219 Å². The Hall–Kier alpha value is -3.46. The van der Waals surface area contributed by atoms with E-state index in [1.54, 1.807) is 13.0 Å². The van der Waals surface area contributed by atoms with Crippen molar-refractivity contribution >= 4 is 0 Å². The van der Waals surface area contributed by atoms with E-state index in [-0.39, 0.29) is 20.1 Å². The van der Waals surface area contributed by atoms with Gasteiger partial charge in [0.1, 0.15) is 0 Å². The van der Waals surface area contributed by atoms with E-state index in [1.165, 1.54) is 6.20 Å². The van der Waals surface area contributed by atoms with Crippen molar-refractivity contribution in [3.63, 3.8) is 0 Å². The van der Waals surface area contributed by atoms with Gasteiger partial charge in [-0.05, 0) is 60.9 Å². The third kappa shape index (κ3) is 6.54. The van der Waals surface area contributed by atoms with Gasteiger partial charge in [-0.25, -0.2) is 0 Å². The first kappa shape index (κ1) is 21.1. The van der Waals surface area contributed by atoms with E-state index in [1.807, 2.05) is 86.0 Å². The van der Waals surface area contributed by atoms with Crippen LogP contribution in [0.15, 0.2) is 97.5 Å². The fourth-order valence-electron chi connectivity index (χ4n) is 3.18. The van der Waals surface area contributed by atoms with E-state index in [9.17, 15) is 0 Å². The van der Waals surface area contributed by atoms with Crippen molar-refractivity contribution in [3.05, 3.63) is 126 Å². The zero-order chi connectivity index (χ0) is 25.5. The van der Waals surface area contributed by atoms with Crippen molar-refractivity contribution in [2.45, 2.75) is 20.7 Å². The molecule has 0 amide bonds. The largest absolute Gasteiger partial charge is 0.305 e. The van der Waals surface area contributed by atoms with Crippen molar-refractivity contribution in [1.29, 1.82) is 0 Å². The number of nitrogens with zero attached hydrogens (tertiary/aromatic N) is 3. The van der Waals surface area contributed by atoms with Gasteiger partial charge in [0.25, 0.3) is 0 Å². The van der Waals surface area contributed by atoms with Gasteiger partial charge in [0.15, 0.2) is 0 Å². The van der Waals surface area contributed by atoms with Crippen LogP contribution in [-0.2, 0) is 20.1 Å². The Morgan fingerprint density at radius 2 is 1.35 bits per heavy atom. The summed E-state index contributed by atoms with van der Waals surface area (Å²) in [7, 11) is 0. The van der Waals surface area contributed by atoms with Crippen molar-refractivity contribution in [2.24, 2.45) is 0 Å². The zero-order valence-electron chi connectivity index (χ0n) is 21.9. The number of aryl methyl sites for hydroxylation is 3. The average Bonchev–Trinajstić information content (AvgIpc) is 2.90. The molecule has 3 nitrogen and oxygen atoms in total. The summed E-state index contributed by atoms with van der Waals surface area (Å²) < 4.78 is 22.1. The van der Waals surface area contributed by atoms with Crippen LogP contribution in [-0.4, -0.2) is 15.0 Å². The van der Waals surface area contributed by atoms with Crippen molar-refractivity contribution < 1.29 is 24.2 Å². The molecule has 0 aliphatic rings. The van der Waals surface area contributed by atoms with Gasteiger partial charge in [-0.15, -0.1) is 71.8 Å². The minimum absolute atomic E-state index is 0. The number of rotatable bonds is 3. The van der Waals surface area contributed by atoms with Crippen LogP contribution in [0, 0.1) is 32.8 Å². The van der Waals surface area contributed by atoms with E-state index in [2.05, 4.69) is 33.2 Å². The topological polar surface area (TPSA) is 38.7 Å². The minimum atomic E-state index is -2.10. The molecule has 4 heteroatoms. The van der Waals surface area contributed by atoms with Crippen molar-refractivity contribution in [2.75, 3.05) is 0 Å². The van der Waals surface area contributed by atoms with Crippen molar-refractivity contribution in [3.8, 4) is 33.8 Å². The second kappa shape index (κ2) is 12.1. The van der Waals surface area contributed by atoms with E-state index >= 15 is 0 Å². The van der Waals surface area contributed by atoms with Crippen LogP contribution in [0.4, 0.5) is 0 Å². The second-order valence-corrected chi connectivity index (χ2v) is 7.59. The number of hydrogen-bond donors (Lipinski definition) is 0. The average molecular weight is 623 g/mol. The molecule has 0 bridgehead atoms. The predicted molar refractivity (Wildman–Crippen MR) is 134 cm³/mol.